The molecule has 0 unspecified atom stereocenters. The molecule has 48 heavy (non-hydrogen) atoms. The van der Waals surface area contributed by atoms with Crippen molar-refractivity contribution in [3.63, 3.8) is 0 Å². The lowest BCUT2D eigenvalue weighted by Crippen LogP contribution is -2.28. The van der Waals surface area contributed by atoms with Crippen molar-refractivity contribution in [2.45, 2.75) is 25.3 Å². The van der Waals surface area contributed by atoms with E-state index < -0.39 is 0 Å². The Morgan fingerprint density at radius 1 is 0.500 bits per heavy atom. The average molecular weight is 616 g/mol. The van der Waals surface area contributed by atoms with Crippen LogP contribution < -0.4 is 4.90 Å². The molecule has 0 amide bonds. The van der Waals surface area contributed by atoms with Crippen molar-refractivity contribution in [3.05, 3.63) is 209 Å². The summed E-state index contributed by atoms with van der Waals surface area (Å²) in [5.74, 6) is 0. The Bertz CT molecular complexity index is 2220. The molecule has 0 aliphatic heterocycles. The van der Waals surface area contributed by atoms with Crippen LogP contribution in [0.2, 0.25) is 0 Å². The summed E-state index contributed by atoms with van der Waals surface area (Å²) in [5.41, 5.74) is 18.4. The van der Waals surface area contributed by atoms with E-state index >= 15 is 0 Å². The highest BCUT2D eigenvalue weighted by Gasteiger charge is 2.46. The molecule has 1 nitrogen and oxygen atoms in total. The summed E-state index contributed by atoms with van der Waals surface area (Å²) < 4.78 is 0. The Morgan fingerprint density at radius 3 is 1.83 bits per heavy atom. The summed E-state index contributed by atoms with van der Waals surface area (Å²) in [6.07, 6.45) is 1.03. The van der Waals surface area contributed by atoms with Crippen molar-refractivity contribution < 1.29 is 0 Å². The lowest BCUT2D eigenvalue weighted by Gasteiger charge is -2.34. The molecule has 9 rings (SSSR count). The zero-order valence-electron chi connectivity index (χ0n) is 27.2. The number of benzene rings is 7. The second kappa shape index (κ2) is 11.5. The molecule has 0 atom stereocenters. The van der Waals surface area contributed by atoms with Gasteiger partial charge in [-0.3, -0.25) is 0 Å². The van der Waals surface area contributed by atoms with Crippen LogP contribution in [0.4, 0.5) is 5.69 Å². The lowest BCUT2D eigenvalue weighted by atomic mass is 9.67. The number of rotatable bonds is 7. The topological polar surface area (TPSA) is 3.24 Å². The molecule has 0 spiro atoms. The fraction of sp³-hybridized carbons (Fsp3) is 0.106. The van der Waals surface area contributed by atoms with Gasteiger partial charge in [0, 0.05) is 18.8 Å². The van der Waals surface area contributed by atoms with Gasteiger partial charge < -0.3 is 4.90 Å². The minimum absolute atomic E-state index is 0.375. The van der Waals surface area contributed by atoms with E-state index in [-0.39, 0.29) is 5.41 Å². The molecule has 0 saturated heterocycles. The van der Waals surface area contributed by atoms with E-state index in [9.17, 15) is 0 Å². The van der Waals surface area contributed by atoms with Gasteiger partial charge in [-0.1, -0.05) is 152 Å². The van der Waals surface area contributed by atoms with Gasteiger partial charge in [0.25, 0.3) is 0 Å². The largest absolute Gasteiger partial charge is 0.367 e. The summed E-state index contributed by atoms with van der Waals surface area (Å²) in [5, 5.41) is 0. The van der Waals surface area contributed by atoms with Gasteiger partial charge in [-0.15, -0.1) is 0 Å². The zero-order valence-corrected chi connectivity index (χ0v) is 27.2. The summed E-state index contributed by atoms with van der Waals surface area (Å²) in [7, 11) is 0. The van der Waals surface area contributed by atoms with E-state index in [1.165, 1.54) is 78.0 Å². The molecule has 230 valence electrons. The molecule has 1 heteroatoms. The first-order valence-corrected chi connectivity index (χ1v) is 17.2. The minimum Gasteiger partial charge on any atom is -0.367 e. The molecule has 0 radical (unpaired) electrons. The Hall–Kier alpha value is -5.66. The summed E-state index contributed by atoms with van der Waals surface area (Å²) >= 11 is 0. The molecule has 7 aromatic rings. The molecule has 0 fully saturated rings. The zero-order chi connectivity index (χ0) is 32.1. The van der Waals surface area contributed by atoms with Crippen molar-refractivity contribution in [3.8, 4) is 33.4 Å². The van der Waals surface area contributed by atoms with Crippen LogP contribution in [0.1, 0.15) is 45.9 Å². The van der Waals surface area contributed by atoms with Gasteiger partial charge in [-0.25, -0.2) is 0 Å². The van der Waals surface area contributed by atoms with Gasteiger partial charge in [0.15, 0.2) is 0 Å². The van der Waals surface area contributed by atoms with Gasteiger partial charge >= 0.3 is 0 Å². The van der Waals surface area contributed by atoms with Gasteiger partial charge in [0.1, 0.15) is 0 Å². The molecule has 0 N–H and O–H groups in total. The Kier molecular flexibility index (Phi) is 6.87. The Morgan fingerprint density at radius 2 is 1.10 bits per heavy atom. The maximum absolute atomic E-state index is 2.51. The van der Waals surface area contributed by atoms with E-state index in [1.807, 2.05) is 0 Å². The molecule has 2 aliphatic rings. The van der Waals surface area contributed by atoms with Gasteiger partial charge in [0.05, 0.1) is 5.41 Å². The van der Waals surface area contributed by atoms with Crippen LogP contribution in [0.5, 0.6) is 0 Å². The Balaban J connectivity index is 1.10. The van der Waals surface area contributed by atoms with Crippen LogP contribution in [0.25, 0.3) is 33.4 Å². The second-order valence-electron chi connectivity index (χ2n) is 13.1. The van der Waals surface area contributed by atoms with Crippen LogP contribution in [0, 0.1) is 0 Å². The van der Waals surface area contributed by atoms with Crippen molar-refractivity contribution in [1.29, 1.82) is 0 Å². The third-order valence-corrected chi connectivity index (χ3v) is 10.7. The first-order valence-electron chi connectivity index (χ1n) is 17.2. The number of hydrogen-bond acceptors (Lipinski definition) is 1. The van der Waals surface area contributed by atoms with Crippen LogP contribution in [0.3, 0.4) is 0 Å². The second-order valence-corrected chi connectivity index (χ2v) is 13.1. The normalized spacial score (nSPS) is 13.4. The first kappa shape index (κ1) is 28.6. The van der Waals surface area contributed by atoms with E-state index in [1.54, 1.807) is 0 Å². The maximum atomic E-state index is 2.51. The fourth-order valence-corrected chi connectivity index (χ4v) is 8.46. The van der Waals surface area contributed by atoms with Crippen molar-refractivity contribution >= 4 is 5.69 Å². The smallest absolute Gasteiger partial charge is 0.0713 e. The minimum atomic E-state index is -0.375. The third kappa shape index (κ3) is 4.38. The quantitative estimate of drug-likeness (QED) is 0.172. The molecule has 2 aliphatic carbocycles. The molecular weight excluding hydrogens is 579 g/mol. The van der Waals surface area contributed by atoms with Crippen molar-refractivity contribution in [1.82, 2.24) is 0 Å². The molecule has 0 bridgehead atoms. The monoisotopic (exact) mass is 615 g/mol. The summed E-state index contributed by atoms with van der Waals surface area (Å²) in [6.45, 7) is 4.02. The fourth-order valence-electron chi connectivity index (χ4n) is 8.46. The summed E-state index contributed by atoms with van der Waals surface area (Å²) in [4.78, 5) is 2.51. The van der Waals surface area contributed by atoms with Crippen LogP contribution >= 0.6 is 0 Å². The number of fused-ring (bicyclic) bond motifs is 6. The highest BCUT2D eigenvalue weighted by molar-refractivity contribution is 5.88. The lowest BCUT2D eigenvalue weighted by molar-refractivity contribution is 0.766. The highest BCUT2D eigenvalue weighted by atomic mass is 15.1. The van der Waals surface area contributed by atoms with E-state index in [0.717, 1.165) is 19.5 Å². The molecule has 0 aromatic heterocycles. The van der Waals surface area contributed by atoms with Gasteiger partial charge in [0.2, 0.25) is 0 Å². The number of nitrogens with zero attached hydrogens (tertiary/aromatic N) is 1. The van der Waals surface area contributed by atoms with Gasteiger partial charge in [-0.2, -0.15) is 0 Å². The van der Waals surface area contributed by atoms with Crippen molar-refractivity contribution in [2.75, 3.05) is 11.4 Å². The Labute approximate surface area is 283 Å². The number of anilines is 1. The van der Waals surface area contributed by atoms with Gasteiger partial charge in [-0.05, 0) is 104 Å². The van der Waals surface area contributed by atoms with E-state index in [0.29, 0.717) is 0 Å². The predicted octanol–water partition coefficient (Wildman–Crippen LogP) is 11.3. The molecular formula is C47H37N. The van der Waals surface area contributed by atoms with Crippen LogP contribution in [-0.2, 0) is 18.4 Å². The van der Waals surface area contributed by atoms with Crippen LogP contribution in [0.15, 0.2) is 170 Å². The van der Waals surface area contributed by atoms with E-state index in [4.69, 9.17) is 0 Å². The summed E-state index contributed by atoms with van der Waals surface area (Å²) in [6, 6.07) is 63.1. The predicted molar refractivity (Wildman–Crippen MR) is 201 cm³/mol. The standard InChI is InChI=1S/C47H37N/c1-2-48(40-28-26-33(27-29-40)34-24-25-36-30-35-14-9-10-20-41(35)43(36)31-34)32-37-15-13-23-45-46(37)42-21-11-12-22-44(42)47(45,38-16-5-3-6-17-38)39-18-7-4-8-19-39/h3-29,31H,2,30,32H2,1H3. The number of hydrogen-bond donors (Lipinski definition) is 0. The first-order chi connectivity index (χ1) is 23.8. The molecule has 0 heterocycles. The van der Waals surface area contributed by atoms with E-state index in [2.05, 4.69) is 182 Å². The highest BCUT2D eigenvalue weighted by Crippen LogP contribution is 2.57. The van der Waals surface area contributed by atoms with Crippen LogP contribution in [-0.4, -0.2) is 6.54 Å². The average Bonchev–Trinajstić information content (AvgIpc) is 3.69. The molecule has 7 aromatic carbocycles. The molecule has 0 saturated carbocycles. The van der Waals surface area contributed by atoms with Crippen molar-refractivity contribution in [2.24, 2.45) is 0 Å². The SMILES string of the molecule is CCN(Cc1cccc2c1-c1ccccc1C2(c1ccccc1)c1ccccc1)c1ccc(-c2ccc3c(c2)-c2ccccc2C3)cc1. The maximum Gasteiger partial charge on any atom is 0.0713 e. The third-order valence-electron chi connectivity index (χ3n) is 10.7.